The van der Waals surface area contributed by atoms with Crippen LogP contribution in [-0.2, 0) is 4.79 Å². The lowest BCUT2D eigenvalue weighted by atomic mass is 10.3. The van der Waals surface area contributed by atoms with Crippen LogP contribution in [0.15, 0.2) is 0 Å². The molecule has 0 fully saturated rings. The second-order valence-corrected chi connectivity index (χ2v) is 5.51. The van der Waals surface area contributed by atoms with E-state index in [2.05, 4.69) is 17.6 Å². The summed E-state index contributed by atoms with van der Waals surface area (Å²) in [5, 5.41) is 4.16. The lowest BCUT2D eigenvalue weighted by Crippen LogP contribution is -2.45. The van der Waals surface area contributed by atoms with E-state index in [0.29, 0.717) is 0 Å². The first-order valence-corrected chi connectivity index (χ1v) is 6.89. The fraction of sp³-hybridized carbons (Fsp3) is 0.800. The van der Waals surface area contributed by atoms with Gasteiger partial charge in [0.05, 0.1) is 0 Å². The standard InChI is InChI=1S/C10H19ClN2O2S/c1-4-16-6-5-7(2)12-10(15)13-9(14)8(3)11/h7-8H,4-6H2,1-3H3,(H2,12,13,14,15). The zero-order valence-corrected chi connectivity index (χ0v) is 11.5. The first-order chi connectivity index (χ1) is 7.47. The first-order valence-electron chi connectivity index (χ1n) is 5.30. The van der Waals surface area contributed by atoms with Gasteiger partial charge < -0.3 is 5.32 Å². The number of amides is 3. The van der Waals surface area contributed by atoms with Crippen LogP contribution >= 0.6 is 23.4 Å². The van der Waals surface area contributed by atoms with E-state index in [1.807, 2.05) is 18.7 Å². The molecule has 0 bridgehead atoms. The lowest BCUT2D eigenvalue weighted by molar-refractivity contribution is -0.119. The number of halogens is 1. The maximum absolute atomic E-state index is 11.3. The molecule has 6 heteroatoms. The Balaban J connectivity index is 3.74. The van der Waals surface area contributed by atoms with Crippen LogP contribution in [-0.4, -0.2) is 34.9 Å². The predicted octanol–water partition coefficient (Wildman–Crippen LogP) is 1.97. The van der Waals surface area contributed by atoms with E-state index < -0.39 is 17.3 Å². The third-order valence-electron chi connectivity index (χ3n) is 1.87. The fourth-order valence-corrected chi connectivity index (χ4v) is 1.81. The molecule has 94 valence electrons. The van der Waals surface area contributed by atoms with Gasteiger partial charge in [-0.3, -0.25) is 10.1 Å². The highest BCUT2D eigenvalue weighted by atomic mass is 35.5. The molecular formula is C10H19ClN2O2S. The summed E-state index contributed by atoms with van der Waals surface area (Å²) in [6.45, 7) is 5.52. The van der Waals surface area contributed by atoms with Gasteiger partial charge in [0.2, 0.25) is 5.91 Å². The van der Waals surface area contributed by atoms with Gasteiger partial charge in [-0.15, -0.1) is 11.6 Å². The van der Waals surface area contributed by atoms with E-state index in [9.17, 15) is 9.59 Å². The van der Waals surface area contributed by atoms with Crippen LogP contribution in [0.3, 0.4) is 0 Å². The number of alkyl halides is 1. The van der Waals surface area contributed by atoms with E-state index in [-0.39, 0.29) is 6.04 Å². The van der Waals surface area contributed by atoms with Crippen molar-refractivity contribution >= 4 is 35.3 Å². The fourth-order valence-electron chi connectivity index (χ4n) is 0.948. The first kappa shape index (κ1) is 15.6. The number of carbonyl (C=O) groups is 2. The van der Waals surface area contributed by atoms with Gasteiger partial charge in [0.15, 0.2) is 0 Å². The lowest BCUT2D eigenvalue weighted by Gasteiger charge is -2.14. The zero-order chi connectivity index (χ0) is 12.6. The van der Waals surface area contributed by atoms with Gasteiger partial charge in [0.1, 0.15) is 5.38 Å². The Morgan fingerprint density at radius 3 is 2.50 bits per heavy atom. The van der Waals surface area contributed by atoms with E-state index in [4.69, 9.17) is 11.6 Å². The molecule has 0 rings (SSSR count). The number of carbonyl (C=O) groups excluding carboxylic acids is 2. The summed E-state index contributed by atoms with van der Waals surface area (Å²) in [6, 6.07) is -0.427. The molecule has 0 aliphatic heterocycles. The molecule has 0 heterocycles. The van der Waals surface area contributed by atoms with Crippen LogP contribution in [0.2, 0.25) is 0 Å². The van der Waals surface area contributed by atoms with Gasteiger partial charge >= 0.3 is 6.03 Å². The smallest absolute Gasteiger partial charge is 0.321 e. The van der Waals surface area contributed by atoms with Crippen LogP contribution in [0.1, 0.15) is 27.2 Å². The summed E-state index contributed by atoms with van der Waals surface area (Å²) < 4.78 is 0. The van der Waals surface area contributed by atoms with Gasteiger partial charge in [0.25, 0.3) is 0 Å². The molecule has 0 aliphatic rings. The van der Waals surface area contributed by atoms with Crippen LogP contribution in [0.4, 0.5) is 4.79 Å². The van der Waals surface area contributed by atoms with Crippen molar-refractivity contribution < 1.29 is 9.59 Å². The monoisotopic (exact) mass is 266 g/mol. The molecule has 0 aromatic carbocycles. The molecule has 4 nitrogen and oxygen atoms in total. The van der Waals surface area contributed by atoms with Crippen molar-refractivity contribution in [1.29, 1.82) is 0 Å². The molecule has 0 spiro atoms. The van der Waals surface area contributed by atoms with Gasteiger partial charge in [-0.25, -0.2) is 4.79 Å². The minimum Gasteiger partial charge on any atom is -0.335 e. The molecule has 0 aromatic rings. The summed E-state index contributed by atoms with van der Waals surface area (Å²) in [5.41, 5.74) is 0. The van der Waals surface area contributed by atoms with Gasteiger partial charge in [-0.1, -0.05) is 6.92 Å². The van der Waals surface area contributed by atoms with Crippen molar-refractivity contribution in [3.63, 3.8) is 0 Å². The van der Waals surface area contributed by atoms with Gasteiger partial charge in [-0.05, 0) is 31.8 Å². The van der Waals surface area contributed by atoms with Crippen LogP contribution in [0.5, 0.6) is 0 Å². The molecule has 2 unspecified atom stereocenters. The molecule has 0 aliphatic carbocycles. The molecule has 0 saturated carbocycles. The van der Waals surface area contributed by atoms with Crippen molar-refractivity contribution in [1.82, 2.24) is 10.6 Å². The van der Waals surface area contributed by atoms with Crippen LogP contribution in [0, 0.1) is 0 Å². The maximum atomic E-state index is 11.3. The highest BCUT2D eigenvalue weighted by molar-refractivity contribution is 7.99. The quantitative estimate of drug-likeness (QED) is 0.571. The van der Waals surface area contributed by atoms with Crippen molar-refractivity contribution in [2.24, 2.45) is 0 Å². The molecule has 0 aromatic heterocycles. The number of urea groups is 1. The highest BCUT2D eigenvalue weighted by Crippen LogP contribution is 2.03. The van der Waals surface area contributed by atoms with Crippen molar-refractivity contribution in [3.8, 4) is 0 Å². The van der Waals surface area contributed by atoms with E-state index in [1.54, 1.807) is 0 Å². The Bertz CT molecular complexity index is 237. The number of imide groups is 1. The minimum atomic E-state index is -0.697. The Morgan fingerprint density at radius 1 is 1.38 bits per heavy atom. The zero-order valence-electron chi connectivity index (χ0n) is 9.88. The average molecular weight is 267 g/mol. The second-order valence-electron chi connectivity index (χ2n) is 3.47. The Kier molecular flexibility index (Phi) is 8.47. The second kappa shape index (κ2) is 8.70. The summed E-state index contributed by atoms with van der Waals surface area (Å²) in [4.78, 5) is 22.4. The van der Waals surface area contributed by atoms with Crippen LogP contribution in [0.25, 0.3) is 0 Å². The molecule has 0 radical (unpaired) electrons. The number of hydrogen-bond acceptors (Lipinski definition) is 3. The molecule has 2 N–H and O–H groups in total. The van der Waals surface area contributed by atoms with Gasteiger partial charge in [0, 0.05) is 6.04 Å². The topological polar surface area (TPSA) is 58.2 Å². The summed E-state index contributed by atoms with van der Waals surface area (Å²) in [5.74, 6) is 1.59. The number of thioether (sulfide) groups is 1. The molecule has 3 amide bonds. The van der Waals surface area contributed by atoms with Crippen molar-refractivity contribution in [3.05, 3.63) is 0 Å². The summed E-state index contributed by atoms with van der Waals surface area (Å²) >= 11 is 7.34. The summed E-state index contributed by atoms with van der Waals surface area (Å²) in [6.07, 6.45) is 0.885. The third kappa shape index (κ3) is 7.82. The molecule has 2 atom stereocenters. The largest absolute Gasteiger partial charge is 0.335 e. The maximum Gasteiger partial charge on any atom is 0.321 e. The number of hydrogen-bond donors (Lipinski definition) is 2. The summed E-state index contributed by atoms with van der Waals surface area (Å²) in [7, 11) is 0. The number of rotatable bonds is 6. The van der Waals surface area contributed by atoms with Crippen LogP contribution < -0.4 is 10.6 Å². The Hall–Kier alpha value is -0.420. The normalized spacial score (nSPS) is 14.0. The highest BCUT2D eigenvalue weighted by Gasteiger charge is 2.14. The SMILES string of the molecule is CCSCCC(C)NC(=O)NC(=O)C(C)Cl. The molecule has 16 heavy (non-hydrogen) atoms. The third-order valence-corrected chi connectivity index (χ3v) is 3.01. The minimum absolute atomic E-state index is 0.0532. The van der Waals surface area contributed by atoms with E-state index >= 15 is 0 Å². The number of nitrogens with one attached hydrogen (secondary N) is 2. The Morgan fingerprint density at radius 2 is 2.00 bits per heavy atom. The van der Waals surface area contributed by atoms with Gasteiger partial charge in [-0.2, -0.15) is 11.8 Å². The molecular weight excluding hydrogens is 248 g/mol. The van der Waals surface area contributed by atoms with Crippen molar-refractivity contribution in [2.75, 3.05) is 11.5 Å². The predicted molar refractivity (Wildman–Crippen MR) is 69.1 cm³/mol. The van der Waals surface area contributed by atoms with E-state index in [0.717, 1.165) is 17.9 Å². The Labute approximate surface area is 106 Å². The van der Waals surface area contributed by atoms with E-state index in [1.165, 1.54) is 6.92 Å². The molecule has 0 saturated heterocycles. The van der Waals surface area contributed by atoms with Crippen molar-refractivity contribution in [2.45, 2.75) is 38.6 Å². The average Bonchev–Trinajstić information content (AvgIpc) is 2.17.